The van der Waals surface area contributed by atoms with Gasteiger partial charge in [-0.15, -0.1) is 0 Å². The van der Waals surface area contributed by atoms with Crippen LogP contribution in [0, 0.1) is 0 Å². The highest BCUT2D eigenvalue weighted by Gasteiger charge is 2.17. The van der Waals surface area contributed by atoms with Crippen LogP contribution in [0.3, 0.4) is 0 Å². The van der Waals surface area contributed by atoms with Crippen LogP contribution in [0.5, 0.6) is 17.2 Å². The minimum Gasteiger partial charge on any atom is -0.493 e. The third-order valence-electron chi connectivity index (χ3n) is 3.51. The van der Waals surface area contributed by atoms with E-state index in [1.807, 2.05) is 6.07 Å². The molecule has 0 unspecified atom stereocenters. The van der Waals surface area contributed by atoms with Gasteiger partial charge in [0, 0.05) is 12.1 Å². The molecule has 1 aromatic heterocycles. The zero-order valence-electron chi connectivity index (χ0n) is 14.9. The molecule has 0 fully saturated rings. The SMILES string of the molecule is CCCNc1ccc(NC(=O)c2cc(OC)c(OC)c(OC)c2)nc1. The van der Waals surface area contributed by atoms with Crippen molar-refractivity contribution in [1.82, 2.24) is 4.98 Å². The van der Waals surface area contributed by atoms with Crippen molar-refractivity contribution in [3.63, 3.8) is 0 Å². The summed E-state index contributed by atoms with van der Waals surface area (Å²) in [5.41, 5.74) is 1.29. The van der Waals surface area contributed by atoms with Crippen LogP contribution in [-0.2, 0) is 0 Å². The number of methoxy groups -OCH3 is 3. The Balaban J connectivity index is 2.17. The van der Waals surface area contributed by atoms with E-state index in [1.165, 1.54) is 21.3 Å². The highest BCUT2D eigenvalue weighted by Crippen LogP contribution is 2.38. The number of rotatable bonds is 8. The number of benzene rings is 1. The van der Waals surface area contributed by atoms with Gasteiger partial charge in [-0.25, -0.2) is 4.98 Å². The molecular weight excluding hydrogens is 322 g/mol. The summed E-state index contributed by atoms with van der Waals surface area (Å²) in [5.74, 6) is 1.41. The number of pyridine rings is 1. The Labute approximate surface area is 147 Å². The summed E-state index contributed by atoms with van der Waals surface area (Å²) in [4.78, 5) is 16.7. The van der Waals surface area contributed by atoms with Gasteiger partial charge in [0.2, 0.25) is 5.75 Å². The second-order valence-electron chi connectivity index (χ2n) is 5.23. The van der Waals surface area contributed by atoms with Crippen LogP contribution in [0.1, 0.15) is 23.7 Å². The zero-order valence-corrected chi connectivity index (χ0v) is 14.9. The largest absolute Gasteiger partial charge is 0.493 e. The molecule has 1 aromatic carbocycles. The molecule has 0 saturated heterocycles. The van der Waals surface area contributed by atoms with Gasteiger partial charge in [0.25, 0.3) is 5.91 Å². The Bertz CT molecular complexity index is 692. The molecule has 7 heteroatoms. The predicted octanol–water partition coefficient (Wildman–Crippen LogP) is 3.18. The first-order chi connectivity index (χ1) is 12.1. The molecule has 7 nitrogen and oxygen atoms in total. The normalized spacial score (nSPS) is 10.1. The van der Waals surface area contributed by atoms with Crippen molar-refractivity contribution in [1.29, 1.82) is 0 Å². The van der Waals surface area contributed by atoms with Crippen molar-refractivity contribution in [2.45, 2.75) is 13.3 Å². The van der Waals surface area contributed by atoms with E-state index < -0.39 is 0 Å². The first-order valence-electron chi connectivity index (χ1n) is 7.94. The number of carbonyl (C=O) groups excluding carboxylic acids is 1. The third-order valence-corrected chi connectivity index (χ3v) is 3.51. The molecule has 134 valence electrons. The summed E-state index contributed by atoms with van der Waals surface area (Å²) in [6, 6.07) is 6.79. The van der Waals surface area contributed by atoms with Gasteiger partial charge < -0.3 is 24.8 Å². The number of aromatic nitrogens is 1. The van der Waals surface area contributed by atoms with Gasteiger partial charge in [0.15, 0.2) is 11.5 Å². The molecule has 2 aromatic rings. The van der Waals surface area contributed by atoms with Gasteiger partial charge in [-0.05, 0) is 30.7 Å². The van der Waals surface area contributed by atoms with Crippen molar-refractivity contribution in [3.05, 3.63) is 36.0 Å². The summed E-state index contributed by atoms with van der Waals surface area (Å²) in [5, 5.41) is 5.98. The molecular formula is C18H23N3O4. The van der Waals surface area contributed by atoms with E-state index in [1.54, 1.807) is 24.4 Å². The fourth-order valence-corrected chi connectivity index (χ4v) is 2.24. The second-order valence-corrected chi connectivity index (χ2v) is 5.23. The van der Waals surface area contributed by atoms with E-state index >= 15 is 0 Å². The van der Waals surface area contributed by atoms with E-state index in [-0.39, 0.29) is 5.91 Å². The molecule has 2 rings (SSSR count). The smallest absolute Gasteiger partial charge is 0.257 e. The average Bonchev–Trinajstić information content (AvgIpc) is 2.66. The zero-order chi connectivity index (χ0) is 18.2. The molecule has 0 bridgehead atoms. The maximum atomic E-state index is 12.5. The molecule has 0 radical (unpaired) electrons. The van der Waals surface area contributed by atoms with E-state index in [0.29, 0.717) is 28.6 Å². The minimum absolute atomic E-state index is 0.318. The van der Waals surface area contributed by atoms with Crippen LogP contribution in [-0.4, -0.2) is 38.8 Å². The molecule has 1 amide bonds. The van der Waals surface area contributed by atoms with Crippen LogP contribution >= 0.6 is 0 Å². The van der Waals surface area contributed by atoms with Gasteiger partial charge >= 0.3 is 0 Å². The van der Waals surface area contributed by atoms with Gasteiger partial charge in [-0.3, -0.25) is 4.79 Å². The molecule has 25 heavy (non-hydrogen) atoms. The molecule has 0 atom stereocenters. The number of carbonyl (C=O) groups is 1. The van der Waals surface area contributed by atoms with Gasteiger partial charge in [0.1, 0.15) is 5.82 Å². The predicted molar refractivity (Wildman–Crippen MR) is 97.1 cm³/mol. The third kappa shape index (κ3) is 4.53. The fraction of sp³-hybridized carbons (Fsp3) is 0.333. The van der Waals surface area contributed by atoms with E-state index in [9.17, 15) is 4.79 Å². The number of nitrogens with zero attached hydrogens (tertiary/aromatic N) is 1. The van der Waals surface area contributed by atoms with E-state index in [0.717, 1.165) is 18.7 Å². The molecule has 0 aliphatic carbocycles. The quantitative estimate of drug-likeness (QED) is 0.765. The monoisotopic (exact) mass is 345 g/mol. The maximum absolute atomic E-state index is 12.5. The highest BCUT2D eigenvalue weighted by molar-refractivity contribution is 6.04. The lowest BCUT2D eigenvalue weighted by molar-refractivity contribution is 0.102. The van der Waals surface area contributed by atoms with Crippen LogP contribution in [0.25, 0.3) is 0 Å². The van der Waals surface area contributed by atoms with Crippen molar-refractivity contribution in [3.8, 4) is 17.2 Å². The first kappa shape index (κ1) is 18.4. The number of anilines is 2. The van der Waals surface area contributed by atoms with Crippen molar-refractivity contribution in [2.75, 3.05) is 38.5 Å². The number of ether oxygens (including phenoxy) is 3. The lowest BCUT2D eigenvalue weighted by atomic mass is 10.1. The lowest BCUT2D eigenvalue weighted by Gasteiger charge is -2.14. The standard InChI is InChI=1S/C18H23N3O4/c1-5-8-19-13-6-7-16(20-11-13)21-18(22)12-9-14(23-2)17(25-4)15(10-12)24-3/h6-7,9-11,19H,5,8H2,1-4H3,(H,20,21,22). The Morgan fingerprint density at radius 2 is 1.76 bits per heavy atom. The molecule has 2 N–H and O–H groups in total. The summed E-state index contributed by atoms with van der Waals surface area (Å²) < 4.78 is 15.8. The second kappa shape index (κ2) is 8.77. The van der Waals surface area contributed by atoms with Crippen LogP contribution in [0.4, 0.5) is 11.5 Å². The number of amides is 1. The fourth-order valence-electron chi connectivity index (χ4n) is 2.24. The molecule has 0 aliphatic rings. The Kier molecular flexibility index (Phi) is 6.45. The van der Waals surface area contributed by atoms with E-state index in [4.69, 9.17) is 14.2 Å². The van der Waals surface area contributed by atoms with Crippen molar-refractivity contribution in [2.24, 2.45) is 0 Å². The molecule has 0 spiro atoms. The lowest BCUT2D eigenvalue weighted by Crippen LogP contribution is -2.13. The summed E-state index contributed by atoms with van der Waals surface area (Å²) in [6.45, 7) is 2.96. The van der Waals surface area contributed by atoms with Gasteiger partial charge in [-0.1, -0.05) is 6.92 Å². The number of nitrogens with one attached hydrogen (secondary N) is 2. The molecule has 0 saturated carbocycles. The van der Waals surface area contributed by atoms with Crippen molar-refractivity contribution >= 4 is 17.4 Å². The maximum Gasteiger partial charge on any atom is 0.257 e. The highest BCUT2D eigenvalue weighted by atomic mass is 16.5. The van der Waals surface area contributed by atoms with Crippen LogP contribution in [0.15, 0.2) is 30.5 Å². The van der Waals surface area contributed by atoms with Crippen LogP contribution < -0.4 is 24.8 Å². The Hall–Kier alpha value is -2.96. The molecule has 0 aliphatic heterocycles. The van der Waals surface area contributed by atoms with Gasteiger partial charge in [0.05, 0.1) is 33.2 Å². The number of hydrogen-bond donors (Lipinski definition) is 2. The summed E-state index contributed by atoms with van der Waals surface area (Å²) in [7, 11) is 4.52. The molecule has 1 heterocycles. The first-order valence-corrected chi connectivity index (χ1v) is 7.94. The Morgan fingerprint density at radius 1 is 1.08 bits per heavy atom. The Morgan fingerprint density at radius 3 is 2.24 bits per heavy atom. The topological polar surface area (TPSA) is 81.7 Å². The van der Waals surface area contributed by atoms with Crippen molar-refractivity contribution < 1.29 is 19.0 Å². The minimum atomic E-state index is -0.318. The van der Waals surface area contributed by atoms with Gasteiger partial charge in [-0.2, -0.15) is 0 Å². The number of hydrogen-bond acceptors (Lipinski definition) is 6. The van der Waals surface area contributed by atoms with Crippen LogP contribution in [0.2, 0.25) is 0 Å². The summed E-state index contributed by atoms with van der Waals surface area (Å²) >= 11 is 0. The summed E-state index contributed by atoms with van der Waals surface area (Å²) in [6.07, 6.45) is 2.71. The average molecular weight is 345 g/mol. The van der Waals surface area contributed by atoms with E-state index in [2.05, 4.69) is 22.5 Å².